The molecule has 0 aliphatic heterocycles. The number of ether oxygens (including phenoxy) is 1. The first-order valence-electron chi connectivity index (χ1n) is 6.21. The van der Waals surface area contributed by atoms with E-state index in [-0.39, 0.29) is 5.75 Å². The molecule has 1 aliphatic carbocycles. The van der Waals surface area contributed by atoms with Crippen molar-refractivity contribution in [1.29, 1.82) is 0 Å². The van der Waals surface area contributed by atoms with Crippen LogP contribution in [0.2, 0.25) is 5.02 Å². The highest BCUT2D eigenvalue weighted by Gasteiger charge is 2.40. The lowest BCUT2D eigenvalue weighted by atomic mass is 9.85. The Bertz CT molecular complexity index is 544. The van der Waals surface area contributed by atoms with Crippen LogP contribution in [0.1, 0.15) is 36.8 Å². The van der Waals surface area contributed by atoms with Gasteiger partial charge < -0.3 is 9.84 Å². The van der Waals surface area contributed by atoms with Crippen molar-refractivity contribution >= 4 is 17.7 Å². The molecule has 1 fully saturated rings. The van der Waals surface area contributed by atoms with E-state index in [0.717, 1.165) is 18.4 Å². The zero-order valence-corrected chi connectivity index (χ0v) is 11.8. The molecule has 0 unspecified atom stereocenters. The molecule has 5 heteroatoms. The molecule has 2 rings (SSSR count). The maximum absolute atomic E-state index is 10.8. The van der Waals surface area contributed by atoms with E-state index in [4.69, 9.17) is 16.3 Å². The lowest BCUT2D eigenvalue weighted by Gasteiger charge is -2.27. The van der Waals surface area contributed by atoms with Crippen LogP contribution in [-0.2, 0) is 10.3 Å². The molecule has 0 bridgehead atoms. The first-order chi connectivity index (χ1) is 9.05. The van der Waals surface area contributed by atoms with Crippen LogP contribution in [0.4, 0.5) is 0 Å². The number of benzene rings is 1. The number of methoxy groups -OCH3 is 1. The number of hydrogen-bond donors (Lipinski definition) is 1. The molecule has 0 spiro atoms. The molecule has 0 atom stereocenters. The minimum atomic E-state index is -0.714. The van der Waals surface area contributed by atoms with Gasteiger partial charge in [0.05, 0.1) is 7.11 Å². The van der Waals surface area contributed by atoms with Crippen LogP contribution in [0.25, 0.3) is 0 Å². The third kappa shape index (κ3) is 2.22. The first-order valence-corrected chi connectivity index (χ1v) is 6.59. The van der Waals surface area contributed by atoms with E-state index in [1.54, 1.807) is 12.1 Å². The van der Waals surface area contributed by atoms with Gasteiger partial charge in [-0.1, -0.05) is 24.4 Å². The van der Waals surface area contributed by atoms with Gasteiger partial charge in [-0.05, 0) is 25.3 Å². The maximum Gasteiger partial charge on any atom is 0.235 e. The van der Waals surface area contributed by atoms with Crippen molar-refractivity contribution < 1.29 is 14.6 Å². The number of phenols is 1. The largest absolute Gasteiger partial charge is 0.504 e. The minimum Gasteiger partial charge on any atom is -0.504 e. The number of rotatable bonds is 3. The van der Waals surface area contributed by atoms with Crippen LogP contribution in [0, 0.1) is 6.92 Å². The Balaban J connectivity index is 2.72. The molecular formula is C14H16ClNO3. The Morgan fingerprint density at radius 3 is 2.63 bits per heavy atom. The number of aromatic hydroxyl groups is 1. The molecule has 0 saturated heterocycles. The summed E-state index contributed by atoms with van der Waals surface area (Å²) in [4.78, 5) is 14.7. The number of halogens is 1. The SMILES string of the molecule is COc1cc(Cl)c(C)c(C2(N=C=O)CCCC2)c1O. The van der Waals surface area contributed by atoms with Crippen LogP contribution in [0.3, 0.4) is 0 Å². The van der Waals surface area contributed by atoms with Crippen LogP contribution in [-0.4, -0.2) is 18.3 Å². The molecular weight excluding hydrogens is 266 g/mol. The van der Waals surface area contributed by atoms with E-state index in [0.29, 0.717) is 29.2 Å². The third-order valence-corrected chi connectivity index (χ3v) is 4.23. The summed E-state index contributed by atoms with van der Waals surface area (Å²) in [5, 5.41) is 10.9. The van der Waals surface area contributed by atoms with E-state index in [1.165, 1.54) is 7.11 Å². The van der Waals surface area contributed by atoms with Crippen molar-refractivity contribution in [2.45, 2.75) is 38.1 Å². The summed E-state index contributed by atoms with van der Waals surface area (Å²) in [5.74, 6) is 0.322. The smallest absolute Gasteiger partial charge is 0.235 e. The summed E-state index contributed by atoms with van der Waals surface area (Å²) >= 11 is 6.18. The molecule has 0 heterocycles. The summed E-state index contributed by atoms with van der Waals surface area (Å²) in [5.41, 5.74) is 0.618. The summed E-state index contributed by atoms with van der Waals surface area (Å²) in [7, 11) is 1.47. The Morgan fingerprint density at radius 1 is 1.47 bits per heavy atom. The Kier molecular flexibility index (Phi) is 3.83. The van der Waals surface area contributed by atoms with Gasteiger partial charge in [0.2, 0.25) is 6.08 Å². The molecule has 0 amide bonds. The van der Waals surface area contributed by atoms with E-state index >= 15 is 0 Å². The molecule has 102 valence electrons. The van der Waals surface area contributed by atoms with E-state index < -0.39 is 5.54 Å². The molecule has 1 saturated carbocycles. The fourth-order valence-corrected chi connectivity index (χ4v) is 3.10. The number of aliphatic imine (C=N–C) groups is 1. The normalized spacial score (nSPS) is 17.0. The van der Waals surface area contributed by atoms with Crippen molar-refractivity contribution in [3.05, 3.63) is 22.2 Å². The van der Waals surface area contributed by atoms with Gasteiger partial charge in [-0.25, -0.2) is 4.79 Å². The lowest BCUT2D eigenvalue weighted by Crippen LogP contribution is -2.21. The molecule has 1 aromatic rings. The number of isocyanates is 1. The van der Waals surface area contributed by atoms with Crippen molar-refractivity contribution in [1.82, 2.24) is 0 Å². The zero-order valence-electron chi connectivity index (χ0n) is 11.0. The highest BCUT2D eigenvalue weighted by Crippen LogP contribution is 2.50. The number of nitrogens with zero attached hydrogens (tertiary/aromatic N) is 1. The van der Waals surface area contributed by atoms with Gasteiger partial charge in [0.1, 0.15) is 5.54 Å². The predicted octanol–water partition coefficient (Wildman–Crippen LogP) is 3.47. The molecule has 1 aliphatic rings. The zero-order chi connectivity index (χ0) is 14.0. The fourth-order valence-electron chi connectivity index (χ4n) is 2.90. The second-order valence-corrected chi connectivity index (χ2v) is 5.26. The van der Waals surface area contributed by atoms with Gasteiger partial charge in [0.15, 0.2) is 11.5 Å². The summed E-state index contributed by atoms with van der Waals surface area (Å²) in [6.07, 6.45) is 4.97. The van der Waals surface area contributed by atoms with Crippen molar-refractivity contribution in [3.63, 3.8) is 0 Å². The molecule has 19 heavy (non-hydrogen) atoms. The van der Waals surface area contributed by atoms with E-state index in [2.05, 4.69) is 4.99 Å². The first kappa shape index (κ1) is 13.9. The highest BCUT2D eigenvalue weighted by molar-refractivity contribution is 6.31. The Labute approximate surface area is 117 Å². The summed E-state index contributed by atoms with van der Waals surface area (Å²) in [6.45, 7) is 1.82. The Morgan fingerprint density at radius 2 is 2.11 bits per heavy atom. The maximum atomic E-state index is 10.8. The van der Waals surface area contributed by atoms with Gasteiger partial charge in [0.25, 0.3) is 0 Å². The van der Waals surface area contributed by atoms with Crippen molar-refractivity contribution in [2.75, 3.05) is 7.11 Å². The fraction of sp³-hybridized carbons (Fsp3) is 0.500. The third-order valence-electron chi connectivity index (χ3n) is 3.84. The number of phenolic OH excluding ortho intramolecular Hbond substituents is 1. The summed E-state index contributed by atoms with van der Waals surface area (Å²) < 4.78 is 5.13. The van der Waals surface area contributed by atoms with Crippen molar-refractivity contribution in [3.8, 4) is 11.5 Å². The molecule has 0 radical (unpaired) electrons. The average Bonchev–Trinajstić information content (AvgIpc) is 2.84. The highest BCUT2D eigenvalue weighted by atomic mass is 35.5. The lowest BCUT2D eigenvalue weighted by molar-refractivity contribution is 0.354. The van der Waals surface area contributed by atoms with Gasteiger partial charge in [0, 0.05) is 16.7 Å². The molecule has 0 aromatic heterocycles. The summed E-state index contributed by atoms with van der Waals surface area (Å²) in [6, 6.07) is 1.57. The van der Waals surface area contributed by atoms with Crippen LogP contribution in [0.5, 0.6) is 11.5 Å². The number of carbonyl (C=O) groups excluding carboxylic acids is 1. The monoisotopic (exact) mass is 281 g/mol. The standard InChI is InChI=1S/C14H16ClNO3/c1-9-10(15)7-11(19-2)13(18)12(9)14(16-8-17)5-3-4-6-14/h7,18H,3-6H2,1-2H3. The predicted molar refractivity (Wildman–Crippen MR) is 72.7 cm³/mol. The van der Waals surface area contributed by atoms with Crippen molar-refractivity contribution in [2.24, 2.45) is 4.99 Å². The van der Waals surface area contributed by atoms with Crippen LogP contribution in [0.15, 0.2) is 11.1 Å². The van der Waals surface area contributed by atoms with E-state index in [1.807, 2.05) is 6.92 Å². The van der Waals surface area contributed by atoms with Gasteiger partial charge in [-0.2, -0.15) is 4.99 Å². The molecule has 4 nitrogen and oxygen atoms in total. The molecule has 1 N–H and O–H groups in total. The van der Waals surface area contributed by atoms with Gasteiger partial charge in [-0.3, -0.25) is 0 Å². The second kappa shape index (κ2) is 5.24. The number of hydrogen-bond acceptors (Lipinski definition) is 4. The average molecular weight is 282 g/mol. The topological polar surface area (TPSA) is 58.9 Å². The van der Waals surface area contributed by atoms with Gasteiger partial charge in [-0.15, -0.1) is 0 Å². The molecule has 1 aromatic carbocycles. The van der Waals surface area contributed by atoms with Crippen LogP contribution < -0.4 is 4.74 Å². The Hall–Kier alpha value is -1.51. The van der Waals surface area contributed by atoms with Gasteiger partial charge >= 0.3 is 0 Å². The van der Waals surface area contributed by atoms with Crippen LogP contribution >= 0.6 is 11.6 Å². The quantitative estimate of drug-likeness (QED) is 0.682. The second-order valence-electron chi connectivity index (χ2n) is 4.85. The van der Waals surface area contributed by atoms with E-state index in [9.17, 15) is 9.90 Å². The minimum absolute atomic E-state index is 0.0188.